The van der Waals surface area contributed by atoms with Gasteiger partial charge in [-0.15, -0.1) is 24.5 Å². The van der Waals surface area contributed by atoms with E-state index in [1.165, 1.54) is 11.3 Å². The molecule has 33 heavy (non-hydrogen) atoms. The first kappa shape index (κ1) is 24.1. The predicted molar refractivity (Wildman–Crippen MR) is 123 cm³/mol. The van der Waals surface area contributed by atoms with Gasteiger partial charge in [0.1, 0.15) is 5.75 Å². The quantitative estimate of drug-likeness (QED) is 0.374. The molecule has 1 saturated heterocycles. The van der Waals surface area contributed by atoms with Crippen LogP contribution in [-0.4, -0.2) is 38.1 Å². The van der Waals surface area contributed by atoms with E-state index >= 15 is 0 Å². The van der Waals surface area contributed by atoms with E-state index in [1.807, 2.05) is 16.3 Å². The monoisotopic (exact) mass is 536 g/mol. The number of nitrogens with zero attached hydrogens (tertiary/aromatic N) is 2. The van der Waals surface area contributed by atoms with Crippen molar-refractivity contribution in [2.75, 3.05) is 18.0 Å². The molecular weight excluding hydrogens is 520 g/mol. The van der Waals surface area contributed by atoms with Gasteiger partial charge in [0.2, 0.25) is 0 Å². The van der Waals surface area contributed by atoms with Crippen LogP contribution in [0.3, 0.4) is 0 Å². The van der Waals surface area contributed by atoms with Crippen LogP contribution in [0.1, 0.15) is 12.8 Å². The Morgan fingerprint density at radius 1 is 1.03 bits per heavy atom. The van der Waals surface area contributed by atoms with E-state index in [1.54, 1.807) is 12.1 Å². The Morgan fingerprint density at radius 3 is 2.30 bits per heavy atom. The zero-order valence-corrected chi connectivity index (χ0v) is 20.0. The molecule has 0 spiro atoms. The van der Waals surface area contributed by atoms with Gasteiger partial charge in [0.25, 0.3) is 0 Å². The third-order valence-corrected chi connectivity index (χ3v) is 9.16. The molecule has 0 saturated carbocycles. The molecule has 1 aliphatic heterocycles. The highest BCUT2D eigenvalue weighted by Gasteiger charge is 2.33. The molecule has 2 heterocycles. The normalized spacial score (nSPS) is 15.6. The molecule has 5 nitrogen and oxygen atoms in total. The number of thiazole rings is 1. The summed E-state index contributed by atoms with van der Waals surface area (Å²) in [5, 5.41) is 2.95. The van der Waals surface area contributed by atoms with Crippen molar-refractivity contribution in [1.29, 1.82) is 0 Å². The Labute approximate surface area is 202 Å². The van der Waals surface area contributed by atoms with Gasteiger partial charge in [0, 0.05) is 24.0 Å². The summed E-state index contributed by atoms with van der Waals surface area (Å²) in [6, 6.07) is 9.59. The molecule has 0 N–H and O–H groups in total. The molecule has 176 valence electrons. The largest absolute Gasteiger partial charge is 0.573 e. The molecular formula is C21H17Cl2F3N2O3S2. The van der Waals surface area contributed by atoms with Crippen molar-refractivity contribution in [2.24, 2.45) is 0 Å². The number of alkyl halides is 3. The zero-order chi connectivity index (χ0) is 23.8. The lowest BCUT2D eigenvalue weighted by molar-refractivity contribution is -0.274. The van der Waals surface area contributed by atoms with Gasteiger partial charge < -0.3 is 9.64 Å². The molecule has 0 atom stereocenters. The number of benzene rings is 2. The summed E-state index contributed by atoms with van der Waals surface area (Å²) in [7, 11) is -3.68. The maximum absolute atomic E-state index is 13.0. The topological polar surface area (TPSA) is 59.5 Å². The molecule has 1 fully saturated rings. The second-order valence-electron chi connectivity index (χ2n) is 7.39. The number of aromatic nitrogens is 1. The third-order valence-electron chi connectivity index (χ3n) is 5.24. The van der Waals surface area contributed by atoms with Crippen molar-refractivity contribution >= 4 is 49.5 Å². The van der Waals surface area contributed by atoms with Crippen LogP contribution >= 0.6 is 34.5 Å². The number of hydrogen-bond donors (Lipinski definition) is 0. The second kappa shape index (κ2) is 9.32. The fraction of sp³-hybridized carbons (Fsp3) is 0.286. The summed E-state index contributed by atoms with van der Waals surface area (Å²) in [4.78, 5) is 6.65. The molecule has 3 aromatic rings. The van der Waals surface area contributed by atoms with E-state index in [9.17, 15) is 21.6 Å². The van der Waals surface area contributed by atoms with E-state index in [4.69, 9.17) is 23.2 Å². The fourth-order valence-electron chi connectivity index (χ4n) is 3.58. The van der Waals surface area contributed by atoms with Gasteiger partial charge in [0.15, 0.2) is 15.0 Å². The first-order valence-electron chi connectivity index (χ1n) is 9.78. The number of sulfone groups is 1. The molecule has 0 aliphatic carbocycles. The van der Waals surface area contributed by atoms with Crippen LogP contribution in [0.25, 0.3) is 11.3 Å². The SMILES string of the molecule is O=S(=O)(c1ccc(OC(F)(F)F)cc1)C1CCN(c2nc(-c3ccc(Cl)c(Cl)c3)cs2)CC1. The summed E-state index contributed by atoms with van der Waals surface area (Å²) in [5.74, 6) is -0.460. The average molecular weight is 537 g/mol. The summed E-state index contributed by atoms with van der Waals surface area (Å²) < 4.78 is 66.7. The number of halogens is 5. The van der Waals surface area contributed by atoms with Gasteiger partial charge >= 0.3 is 6.36 Å². The Kier molecular flexibility index (Phi) is 6.82. The number of anilines is 1. The summed E-state index contributed by atoms with van der Waals surface area (Å²) >= 11 is 13.5. The van der Waals surface area contributed by atoms with Gasteiger partial charge in [-0.2, -0.15) is 0 Å². The van der Waals surface area contributed by atoms with Crippen LogP contribution in [0.4, 0.5) is 18.3 Å². The van der Waals surface area contributed by atoms with Crippen molar-refractivity contribution < 1.29 is 26.3 Å². The molecule has 2 aromatic carbocycles. The van der Waals surface area contributed by atoms with Crippen molar-refractivity contribution in [3.05, 3.63) is 57.9 Å². The third kappa shape index (κ3) is 5.56. The van der Waals surface area contributed by atoms with E-state index in [2.05, 4.69) is 9.72 Å². The maximum atomic E-state index is 13.0. The molecule has 0 radical (unpaired) electrons. The Bertz CT molecular complexity index is 1240. The molecule has 12 heteroatoms. The number of hydrogen-bond acceptors (Lipinski definition) is 6. The summed E-state index contributed by atoms with van der Waals surface area (Å²) in [6.45, 7) is 0.987. The van der Waals surface area contributed by atoms with Crippen molar-refractivity contribution in [2.45, 2.75) is 29.3 Å². The van der Waals surface area contributed by atoms with Crippen molar-refractivity contribution in [3.8, 4) is 17.0 Å². The van der Waals surface area contributed by atoms with Crippen LogP contribution in [0.15, 0.2) is 52.7 Å². The van der Waals surface area contributed by atoms with Gasteiger partial charge in [-0.05, 0) is 49.2 Å². The highest BCUT2D eigenvalue weighted by molar-refractivity contribution is 7.92. The zero-order valence-electron chi connectivity index (χ0n) is 16.9. The molecule has 4 rings (SSSR count). The van der Waals surface area contributed by atoms with Gasteiger partial charge in [-0.3, -0.25) is 0 Å². The molecule has 1 aromatic heterocycles. The van der Waals surface area contributed by atoms with Crippen molar-refractivity contribution in [3.63, 3.8) is 0 Å². The Hall–Kier alpha value is -2.01. The van der Waals surface area contributed by atoms with Crippen LogP contribution in [0.2, 0.25) is 10.0 Å². The minimum atomic E-state index is -4.83. The van der Waals surface area contributed by atoms with Crippen LogP contribution in [0.5, 0.6) is 5.75 Å². The highest BCUT2D eigenvalue weighted by Crippen LogP contribution is 2.34. The van der Waals surface area contributed by atoms with Crippen molar-refractivity contribution in [1.82, 2.24) is 4.98 Å². The first-order chi connectivity index (χ1) is 15.5. The number of ether oxygens (including phenoxy) is 1. The van der Waals surface area contributed by atoms with Crippen LogP contribution in [-0.2, 0) is 9.84 Å². The van der Waals surface area contributed by atoms with Gasteiger partial charge in [0.05, 0.1) is 25.9 Å². The Balaban J connectivity index is 1.41. The molecule has 1 aliphatic rings. The minimum Gasteiger partial charge on any atom is -0.406 e. The summed E-state index contributed by atoms with van der Waals surface area (Å²) in [6.07, 6.45) is -4.07. The molecule has 0 amide bonds. The van der Waals surface area contributed by atoms with Crippen LogP contribution < -0.4 is 9.64 Å². The lowest BCUT2D eigenvalue weighted by Crippen LogP contribution is -2.39. The van der Waals surface area contributed by atoms with E-state index in [-0.39, 0.29) is 4.90 Å². The maximum Gasteiger partial charge on any atom is 0.573 e. The highest BCUT2D eigenvalue weighted by atomic mass is 35.5. The van der Waals surface area contributed by atoms with E-state index in [0.29, 0.717) is 36.0 Å². The van der Waals surface area contributed by atoms with Gasteiger partial charge in [-0.1, -0.05) is 29.3 Å². The predicted octanol–water partition coefficient (Wildman–Crippen LogP) is 6.46. The summed E-state index contributed by atoms with van der Waals surface area (Å²) in [5.41, 5.74) is 1.59. The lowest BCUT2D eigenvalue weighted by atomic mass is 10.1. The van der Waals surface area contributed by atoms with E-state index < -0.39 is 27.2 Å². The smallest absolute Gasteiger partial charge is 0.406 e. The Morgan fingerprint density at radius 2 is 1.70 bits per heavy atom. The molecule has 0 unspecified atom stereocenters. The first-order valence-corrected chi connectivity index (χ1v) is 13.0. The van der Waals surface area contributed by atoms with Gasteiger partial charge in [-0.25, -0.2) is 13.4 Å². The lowest BCUT2D eigenvalue weighted by Gasteiger charge is -2.31. The number of rotatable bonds is 5. The van der Waals surface area contributed by atoms with Crippen LogP contribution in [0, 0.1) is 0 Å². The minimum absolute atomic E-state index is 0.0216. The fourth-order valence-corrected chi connectivity index (χ4v) is 6.50. The number of piperidine rings is 1. The van der Waals surface area contributed by atoms with E-state index in [0.717, 1.165) is 40.7 Å². The average Bonchev–Trinajstić information content (AvgIpc) is 3.25. The second-order valence-corrected chi connectivity index (χ2v) is 11.3. The standard InChI is InChI=1S/C21H17Cl2F3N2O3S2/c22-17-6-1-13(11-18(17)23)19-12-32-20(27-19)28-9-7-16(8-10-28)33(29,30)15-4-2-14(3-5-15)31-21(24,25)26/h1-6,11-12,16H,7-10H2. The molecule has 0 bridgehead atoms.